The lowest BCUT2D eigenvalue weighted by molar-refractivity contribution is 0.646. The first kappa shape index (κ1) is 14.2. The van der Waals surface area contributed by atoms with E-state index < -0.39 is 0 Å². The van der Waals surface area contributed by atoms with Gasteiger partial charge in [0.15, 0.2) is 0 Å². The van der Waals surface area contributed by atoms with Gasteiger partial charge in [0.2, 0.25) is 0 Å². The smallest absolute Gasteiger partial charge is 0.132 e. The van der Waals surface area contributed by atoms with E-state index >= 15 is 0 Å². The summed E-state index contributed by atoms with van der Waals surface area (Å²) >= 11 is 0. The number of benzene rings is 1. The van der Waals surface area contributed by atoms with E-state index in [-0.39, 0.29) is 0 Å². The number of anilines is 1. The van der Waals surface area contributed by atoms with Crippen molar-refractivity contribution < 1.29 is 0 Å². The van der Waals surface area contributed by atoms with Crippen LogP contribution in [0.15, 0.2) is 12.1 Å². The fourth-order valence-electron chi connectivity index (χ4n) is 3.32. The number of nitrogens with two attached hydrogens (primary N) is 1. The third-order valence-electron chi connectivity index (χ3n) is 4.32. The molecular weight excluding hydrogens is 258 g/mol. The molecule has 1 aliphatic carbocycles. The highest BCUT2D eigenvalue weighted by Crippen LogP contribution is 2.43. The monoisotopic (exact) mass is 283 g/mol. The largest absolute Gasteiger partial charge is 0.383 e. The standard InChI is InChI=1S/C18H25N3/c1-10(2)18-20-16(17(19)21(18)14-6-7-14)15-12(4)8-11(3)9-13(15)5/h8-10,14H,6-7,19H2,1-5H3. The van der Waals surface area contributed by atoms with Gasteiger partial charge in [-0.15, -0.1) is 0 Å². The SMILES string of the molecule is Cc1cc(C)c(-c2nc(C(C)C)n(C3CC3)c2N)c(C)c1. The molecule has 2 N–H and O–H groups in total. The molecule has 0 aliphatic heterocycles. The van der Waals surface area contributed by atoms with Crippen molar-refractivity contribution in [2.24, 2.45) is 0 Å². The molecule has 2 aromatic rings. The highest BCUT2D eigenvalue weighted by atomic mass is 15.2. The lowest BCUT2D eigenvalue weighted by Gasteiger charge is -2.11. The summed E-state index contributed by atoms with van der Waals surface area (Å²) in [6, 6.07) is 5.00. The molecular formula is C18H25N3. The van der Waals surface area contributed by atoms with Crippen molar-refractivity contribution in [3.05, 3.63) is 34.6 Å². The van der Waals surface area contributed by atoms with Crippen LogP contribution < -0.4 is 5.73 Å². The molecule has 1 aliphatic rings. The molecule has 0 unspecified atom stereocenters. The summed E-state index contributed by atoms with van der Waals surface area (Å²) < 4.78 is 2.28. The van der Waals surface area contributed by atoms with Gasteiger partial charge in [-0.3, -0.25) is 0 Å². The molecule has 1 aromatic heterocycles. The molecule has 21 heavy (non-hydrogen) atoms. The summed E-state index contributed by atoms with van der Waals surface area (Å²) in [4.78, 5) is 4.93. The van der Waals surface area contributed by atoms with Gasteiger partial charge in [0, 0.05) is 17.5 Å². The fraction of sp³-hybridized carbons (Fsp3) is 0.500. The van der Waals surface area contributed by atoms with Crippen molar-refractivity contribution in [2.45, 2.75) is 59.4 Å². The third kappa shape index (κ3) is 2.35. The molecule has 1 aromatic carbocycles. The van der Waals surface area contributed by atoms with E-state index in [1.54, 1.807) is 0 Å². The number of rotatable bonds is 3. The molecule has 112 valence electrons. The van der Waals surface area contributed by atoms with Crippen LogP contribution in [0.1, 0.15) is 61.2 Å². The van der Waals surface area contributed by atoms with Gasteiger partial charge in [0.1, 0.15) is 17.3 Å². The van der Waals surface area contributed by atoms with Crippen molar-refractivity contribution in [1.82, 2.24) is 9.55 Å². The highest BCUT2D eigenvalue weighted by Gasteiger charge is 2.31. The lowest BCUT2D eigenvalue weighted by Crippen LogP contribution is -2.06. The van der Waals surface area contributed by atoms with E-state index in [0.29, 0.717) is 12.0 Å². The van der Waals surface area contributed by atoms with Gasteiger partial charge in [-0.05, 0) is 44.7 Å². The van der Waals surface area contributed by atoms with Crippen LogP contribution in [-0.4, -0.2) is 9.55 Å². The molecule has 0 bridgehead atoms. The Morgan fingerprint density at radius 2 is 1.71 bits per heavy atom. The van der Waals surface area contributed by atoms with E-state index in [1.807, 2.05) is 0 Å². The Bertz CT molecular complexity index is 668. The normalized spacial score (nSPS) is 15.0. The summed E-state index contributed by atoms with van der Waals surface area (Å²) in [5.74, 6) is 2.37. The van der Waals surface area contributed by atoms with Crippen LogP contribution in [0.25, 0.3) is 11.3 Å². The number of hydrogen-bond donors (Lipinski definition) is 1. The van der Waals surface area contributed by atoms with Gasteiger partial charge < -0.3 is 10.3 Å². The first-order valence-corrected chi connectivity index (χ1v) is 7.86. The Morgan fingerprint density at radius 1 is 1.14 bits per heavy atom. The Kier molecular flexibility index (Phi) is 3.31. The number of hydrogen-bond acceptors (Lipinski definition) is 2. The Hall–Kier alpha value is -1.77. The Labute approximate surface area is 127 Å². The van der Waals surface area contributed by atoms with Crippen molar-refractivity contribution in [3.8, 4) is 11.3 Å². The molecule has 1 heterocycles. The number of nitrogen functional groups attached to an aromatic ring is 1. The van der Waals surface area contributed by atoms with E-state index in [4.69, 9.17) is 10.7 Å². The van der Waals surface area contributed by atoms with E-state index in [9.17, 15) is 0 Å². The predicted molar refractivity (Wildman–Crippen MR) is 88.6 cm³/mol. The van der Waals surface area contributed by atoms with E-state index in [0.717, 1.165) is 17.3 Å². The summed E-state index contributed by atoms with van der Waals surface area (Å²) in [5, 5.41) is 0. The zero-order valence-corrected chi connectivity index (χ0v) is 13.7. The molecule has 0 saturated heterocycles. The predicted octanol–water partition coefficient (Wildman–Crippen LogP) is 4.52. The van der Waals surface area contributed by atoms with Gasteiger partial charge in [-0.25, -0.2) is 4.98 Å². The molecule has 0 radical (unpaired) electrons. The molecule has 1 saturated carbocycles. The maximum atomic E-state index is 6.49. The summed E-state index contributed by atoms with van der Waals surface area (Å²) in [7, 11) is 0. The van der Waals surface area contributed by atoms with Crippen molar-refractivity contribution >= 4 is 5.82 Å². The first-order chi connectivity index (χ1) is 9.90. The maximum absolute atomic E-state index is 6.49. The second-order valence-electron chi connectivity index (χ2n) is 6.73. The highest BCUT2D eigenvalue weighted by molar-refractivity contribution is 5.77. The summed E-state index contributed by atoms with van der Waals surface area (Å²) in [6.07, 6.45) is 2.46. The Morgan fingerprint density at radius 3 is 2.19 bits per heavy atom. The van der Waals surface area contributed by atoms with Gasteiger partial charge in [0.25, 0.3) is 0 Å². The molecule has 0 amide bonds. The van der Waals surface area contributed by atoms with Crippen LogP contribution in [0.2, 0.25) is 0 Å². The zero-order valence-electron chi connectivity index (χ0n) is 13.7. The average molecular weight is 283 g/mol. The summed E-state index contributed by atoms with van der Waals surface area (Å²) in [6.45, 7) is 10.8. The topological polar surface area (TPSA) is 43.8 Å². The lowest BCUT2D eigenvalue weighted by atomic mass is 9.97. The Balaban J connectivity index is 2.22. The quantitative estimate of drug-likeness (QED) is 0.900. The van der Waals surface area contributed by atoms with E-state index in [1.165, 1.54) is 35.1 Å². The molecule has 3 heteroatoms. The van der Waals surface area contributed by atoms with E-state index in [2.05, 4.69) is 51.3 Å². The second-order valence-corrected chi connectivity index (χ2v) is 6.73. The number of imidazole rings is 1. The van der Waals surface area contributed by atoms with Gasteiger partial charge in [-0.2, -0.15) is 0 Å². The minimum atomic E-state index is 0.396. The van der Waals surface area contributed by atoms with Crippen LogP contribution in [0.5, 0.6) is 0 Å². The van der Waals surface area contributed by atoms with Gasteiger partial charge in [-0.1, -0.05) is 31.5 Å². The molecule has 3 nitrogen and oxygen atoms in total. The third-order valence-corrected chi connectivity index (χ3v) is 4.32. The fourth-order valence-corrected chi connectivity index (χ4v) is 3.32. The average Bonchev–Trinajstić information content (AvgIpc) is 3.14. The minimum Gasteiger partial charge on any atom is -0.383 e. The molecule has 1 fully saturated rings. The maximum Gasteiger partial charge on any atom is 0.132 e. The molecule has 3 rings (SSSR count). The van der Waals surface area contributed by atoms with Crippen LogP contribution >= 0.6 is 0 Å². The van der Waals surface area contributed by atoms with Crippen LogP contribution in [0, 0.1) is 20.8 Å². The number of aryl methyl sites for hydroxylation is 3. The van der Waals surface area contributed by atoms with Gasteiger partial charge in [0.05, 0.1) is 0 Å². The molecule has 0 atom stereocenters. The van der Waals surface area contributed by atoms with Gasteiger partial charge >= 0.3 is 0 Å². The number of nitrogens with zero attached hydrogens (tertiary/aromatic N) is 2. The minimum absolute atomic E-state index is 0.396. The second kappa shape index (κ2) is 4.90. The zero-order chi connectivity index (χ0) is 15.3. The summed E-state index contributed by atoms with van der Waals surface area (Å²) in [5.41, 5.74) is 12.5. The van der Waals surface area contributed by atoms with Crippen molar-refractivity contribution in [2.75, 3.05) is 5.73 Å². The number of aromatic nitrogens is 2. The van der Waals surface area contributed by atoms with Crippen LogP contribution in [-0.2, 0) is 0 Å². The van der Waals surface area contributed by atoms with Crippen molar-refractivity contribution in [3.63, 3.8) is 0 Å². The van der Waals surface area contributed by atoms with Crippen molar-refractivity contribution in [1.29, 1.82) is 0 Å². The van der Waals surface area contributed by atoms with Crippen LogP contribution in [0.4, 0.5) is 5.82 Å². The molecule has 0 spiro atoms. The van der Waals surface area contributed by atoms with Crippen LogP contribution in [0.3, 0.4) is 0 Å². The first-order valence-electron chi connectivity index (χ1n) is 7.86.